The van der Waals surface area contributed by atoms with Crippen molar-refractivity contribution in [1.82, 2.24) is 4.98 Å². The van der Waals surface area contributed by atoms with Crippen LogP contribution in [0.1, 0.15) is 17.3 Å². The summed E-state index contributed by atoms with van der Waals surface area (Å²) in [5.41, 5.74) is 1.85. The molecule has 2 amide bonds. The topological polar surface area (TPSA) is 103 Å². The zero-order chi connectivity index (χ0) is 19.2. The van der Waals surface area contributed by atoms with Gasteiger partial charge in [0, 0.05) is 18.3 Å². The number of nitrogens with zero attached hydrogens (tertiary/aromatic N) is 1. The summed E-state index contributed by atoms with van der Waals surface area (Å²) in [5.74, 6) is -0.324. The van der Waals surface area contributed by atoms with Crippen LogP contribution in [0.3, 0.4) is 0 Å². The molecule has 27 heavy (non-hydrogen) atoms. The molecule has 0 atom stereocenters. The maximum atomic E-state index is 12.4. The number of hydrogen-bond donors (Lipinski definition) is 4. The Morgan fingerprint density at radius 3 is 2.30 bits per heavy atom. The van der Waals surface area contributed by atoms with Crippen molar-refractivity contribution in [1.29, 1.82) is 0 Å². The molecule has 2 aromatic carbocycles. The van der Waals surface area contributed by atoms with Crippen molar-refractivity contribution in [2.24, 2.45) is 0 Å². The Hall–Kier alpha value is -3.87. The monoisotopic (exact) mass is 362 g/mol. The van der Waals surface area contributed by atoms with Crippen LogP contribution in [0.4, 0.5) is 22.9 Å². The number of phenolic OH excluding ortho intramolecular Hbond substituents is 1. The Labute approximate surface area is 156 Å². The number of carbonyl (C=O) groups is 2. The second kappa shape index (κ2) is 8.01. The first-order chi connectivity index (χ1) is 13.0. The molecular formula is C20H18N4O3. The molecular weight excluding hydrogens is 344 g/mol. The molecule has 0 unspecified atom stereocenters. The molecule has 0 spiro atoms. The van der Waals surface area contributed by atoms with Gasteiger partial charge in [0.1, 0.15) is 11.6 Å². The number of amides is 2. The van der Waals surface area contributed by atoms with Gasteiger partial charge in [-0.3, -0.25) is 9.59 Å². The van der Waals surface area contributed by atoms with Crippen LogP contribution in [0, 0.1) is 0 Å². The van der Waals surface area contributed by atoms with Crippen molar-refractivity contribution in [3.05, 3.63) is 72.4 Å². The minimum absolute atomic E-state index is 0.0488. The smallest absolute Gasteiger partial charge is 0.259 e. The van der Waals surface area contributed by atoms with Crippen LogP contribution in [0.25, 0.3) is 0 Å². The molecule has 136 valence electrons. The molecule has 3 rings (SSSR count). The molecule has 7 heteroatoms. The number of rotatable bonds is 5. The summed E-state index contributed by atoms with van der Waals surface area (Å²) in [5, 5.41) is 18.3. The number of anilines is 4. The lowest BCUT2D eigenvalue weighted by molar-refractivity contribution is -0.114. The van der Waals surface area contributed by atoms with Gasteiger partial charge in [0.15, 0.2) is 0 Å². The first kappa shape index (κ1) is 17.9. The Morgan fingerprint density at radius 2 is 1.63 bits per heavy atom. The lowest BCUT2D eigenvalue weighted by atomic mass is 10.1. The summed E-state index contributed by atoms with van der Waals surface area (Å²) in [7, 11) is 0. The zero-order valence-corrected chi connectivity index (χ0v) is 14.6. The fourth-order valence-corrected chi connectivity index (χ4v) is 2.41. The van der Waals surface area contributed by atoms with E-state index in [-0.39, 0.29) is 17.2 Å². The van der Waals surface area contributed by atoms with Gasteiger partial charge in [-0.2, -0.15) is 0 Å². The van der Waals surface area contributed by atoms with E-state index in [4.69, 9.17) is 0 Å². The van der Waals surface area contributed by atoms with Crippen molar-refractivity contribution in [3.63, 3.8) is 0 Å². The number of carbonyl (C=O) groups excluding carboxylic acids is 2. The van der Waals surface area contributed by atoms with Gasteiger partial charge in [-0.25, -0.2) is 4.98 Å². The summed E-state index contributed by atoms with van der Waals surface area (Å²) < 4.78 is 0. The number of hydrogen-bond acceptors (Lipinski definition) is 5. The van der Waals surface area contributed by atoms with Crippen molar-refractivity contribution in [2.75, 3.05) is 16.0 Å². The normalized spacial score (nSPS) is 10.1. The molecule has 0 saturated heterocycles. The maximum Gasteiger partial charge on any atom is 0.259 e. The average molecular weight is 362 g/mol. The predicted octanol–water partition coefficient (Wildman–Crippen LogP) is 3.74. The lowest BCUT2D eigenvalue weighted by Crippen LogP contribution is -2.13. The highest BCUT2D eigenvalue weighted by molar-refractivity contribution is 6.07. The van der Waals surface area contributed by atoms with Crippen LogP contribution < -0.4 is 16.0 Å². The van der Waals surface area contributed by atoms with Crippen LogP contribution in [0.15, 0.2) is 66.9 Å². The highest BCUT2D eigenvalue weighted by atomic mass is 16.3. The number of benzene rings is 2. The Morgan fingerprint density at radius 1 is 0.889 bits per heavy atom. The van der Waals surface area contributed by atoms with E-state index in [1.807, 2.05) is 30.3 Å². The molecule has 0 fully saturated rings. The highest BCUT2D eigenvalue weighted by Gasteiger charge is 2.13. The van der Waals surface area contributed by atoms with Crippen LogP contribution in [0.5, 0.6) is 5.75 Å². The molecule has 4 N–H and O–H groups in total. The van der Waals surface area contributed by atoms with E-state index < -0.39 is 5.91 Å². The molecule has 0 bridgehead atoms. The first-order valence-corrected chi connectivity index (χ1v) is 8.21. The number of para-hydroxylation sites is 1. The van der Waals surface area contributed by atoms with Gasteiger partial charge in [0.25, 0.3) is 5.91 Å². The van der Waals surface area contributed by atoms with Crippen LogP contribution in [-0.2, 0) is 4.79 Å². The molecule has 0 radical (unpaired) electrons. The van der Waals surface area contributed by atoms with E-state index in [0.29, 0.717) is 17.2 Å². The van der Waals surface area contributed by atoms with E-state index in [1.54, 1.807) is 12.1 Å². The standard InChI is InChI=1S/C20H18N4O3/c1-13(25)22-15-7-9-18(26)17(11-15)20(27)24-16-8-10-19(21-12-16)23-14-5-3-2-4-6-14/h2-12,26H,1H3,(H,21,23)(H,22,25)(H,24,27). The van der Waals surface area contributed by atoms with Gasteiger partial charge in [-0.05, 0) is 42.5 Å². The maximum absolute atomic E-state index is 12.4. The van der Waals surface area contributed by atoms with Gasteiger partial charge < -0.3 is 21.1 Å². The molecule has 0 aliphatic heterocycles. The van der Waals surface area contributed by atoms with Crippen LogP contribution >= 0.6 is 0 Å². The lowest BCUT2D eigenvalue weighted by Gasteiger charge is -2.10. The third kappa shape index (κ3) is 4.82. The molecule has 7 nitrogen and oxygen atoms in total. The molecule has 0 aliphatic rings. The number of pyridine rings is 1. The number of nitrogens with one attached hydrogen (secondary N) is 3. The van der Waals surface area contributed by atoms with E-state index in [9.17, 15) is 14.7 Å². The van der Waals surface area contributed by atoms with E-state index >= 15 is 0 Å². The van der Waals surface area contributed by atoms with Gasteiger partial charge in [-0.1, -0.05) is 18.2 Å². The van der Waals surface area contributed by atoms with Gasteiger partial charge in [0.2, 0.25) is 5.91 Å². The van der Waals surface area contributed by atoms with Crippen molar-refractivity contribution in [3.8, 4) is 5.75 Å². The number of phenols is 1. The van der Waals surface area contributed by atoms with E-state index in [0.717, 1.165) is 5.69 Å². The predicted molar refractivity (Wildman–Crippen MR) is 104 cm³/mol. The Kier molecular flexibility index (Phi) is 5.32. The number of aromatic nitrogens is 1. The molecule has 3 aromatic rings. The van der Waals surface area contributed by atoms with E-state index in [2.05, 4.69) is 20.9 Å². The molecule has 0 aliphatic carbocycles. The van der Waals surface area contributed by atoms with E-state index in [1.165, 1.54) is 31.3 Å². The largest absolute Gasteiger partial charge is 0.507 e. The molecule has 0 saturated carbocycles. The number of aromatic hydroxyl groups is 1. The summed E-state index contributed by atoms with van der Waals surface area (Å²) in [6, 6.07) is 17.3. The third-order valence-electron chi connectivity index (χ3n) is 3.63. The van der Waals surface area contributed by atoms with Crippen LogP contribution in [0.2, 0.25) is 0 Å². The fraction of sp³-hybridized carbons (Fsp3) is 0.0500. The Bertz CT molecular complexity index is 957. The van der Waals surface area contributed by atoms with Crippen molar-refractivity contribution in [2.45, 2.75) is 6.92 Å². The molecule has 1 heterocycles. The first-order valence-electron chi connectivity index (χ1n) is 8.21. The summed E-state index contributed by atoms with van der Waals surface area (Å²) >= 11 is 0. The zero-order valence-electron chi connectivity index (χ0n) is 14.6. The highest BCUT2D eigenvalue weighted by Crippen LogP contribution is 2.23. The molecule has 1 aromatic heterocycles. The second-order valence-corrected chi connectivity index (χ2v) is 5.79. The summed E-state index contributed by atoms with van der Waals surface area (Å²) in [4.78, 5) is 27.8. The van der Waals surface area contributed by atoms with Gasteiger partial charge in [0.05, 0.1) is 17.4 Å². The van der Waals surface area contributed by atoms with Crippen molar-refractivity contribution < 1.29 is 14.7 Å². The quantitative estimate of drug-likeness (QED) is 0.518. The van der Waals surface area contributed by atoms with Crippen molar-refractivity contribution >= 4 is 34.7 Å². The average Bonchev–Trinajstić information content (AvgIpc) is 2.65. The minimum Gasteiger partial charge on any atom is -0.507 e. The second-order valence-electron chi connectivity index (χ2n) is 5.79. The minimum atomic E-state index is -0.509. The summed E-state index contributed by atoms with van der Waals surface area (Å²) in [6.07, 6.45) is 1.51. The Balaban J connectivity index is 1.70. The van der Waals surface area contributed by atoms with Gasteiger partial charge >= 0.3 is 0 Å². The summed E-state index contributed by atoms with van der Waals surface area (Å²) in [6.45, 7) is 1.36. The van der Waals surface area contributed by atoms with Gasteiger partial charge in [-0.15, -0.1) is 0 Å². The third-order valence-corrected chi connectivity index (χ3v) is 3.63. The SMILES string of the molecule is CC(=O)Nc1ccc(O)c(C(=O)Nc2ccc(Nc3ccccc3)nc2)c1. The fourth-order valence-electron chi connectivity index (χ4n) is 2.41. The van der Waals surface area contributed by atoms with Crippen LogP contribution in [-0.4, -0.2) is 21.9 Å².